The van der Waals surface area contributed by atoms with Gasteiger partial charge in [0.05, 0.1) is 0 Å². The molecule has 1 aliphatic heterocycles. The molecule has 0 amide bonds. The maximum atomic E-state index is 14.0. The lowest BCUT2D eigenvalue weighted by Crippen LogP contribution is -2.45. The van der Waals surface area contributed by atoms with Crippen molar-refractivity contribution < 1.29 is 8.78 Å². The summed E-state index contributed by atoms with van der Waals surface area (Å²) in [5, 5.41) is 3.30. The zero-order valence-electron chi connectivity index (χ0n) is 10.3. The summed E-state index contributed by atoms with van der Waals surface area (Å²) in [6, 6.07) is 3.88. The number of nitrogens with zero attached hydrogens (tertiary/aromatic N) is 1. The minimum Gasteiger partial charge on any atom is -0.314 e. The van der Waals surface area contributed by atoms with Gasteiger partial charge in [-0.1, -0.05) is 0 Å². The van der Waals surface area contributed by atoms with E-state index in [1.807, 2.05) is 0 Å². The minimum atomic E-state index is -0.341. The van der Waals surface area contributed by atoms with Crippen LogP contribution in [0.4, 0.5) is 8.78 Å². The summed E-state index contributed by atoms with van der Waals surface area (Å²) >= 11 is 0. The smallest absolute Gasteiger partial charge is 0.128 e. The van der Waals surface area contributed by atoms with Gasteiger partial charge in [-0.05, 0) is 37.0 Å². The van der Waals surface area contributed by atoms with Gasteiger partial charge in [0.1, 0.15) is 11.6 Å². The van der Waals surface area contributed by atoms with Gasteiger partial charge in [-0.3, -0.25) is 4.90 Å². The monoisotopic (exact) mass is 252 g/mol. The number of benzene rings is 1. The molecule has 98 valence electrons. The van der Waals surface area contributed by atoms with Crippen LogP contribution in [0.1, 0.15) is 24.4 Å². The van der Waals surface area contributed by atoms with Gasteiger partial charge >= 0.3 is 0 Å². The van der Waals surface area contributed by atoms with E-state index in [0.29, 0.717) is 11.5 Å². The number of piperazine rings is 1. The zero-order valence-corrected chi connectivity index (χ0v) is 10.3. The molecule has 1 heterocycles. The second kappa shape index (κ2) is 4.94. The molecule has 2 fully saturated rings. The van der Waals surface area contributed by atoms with Crippen molar-refractivity contribution in [2.45, 2.75) is 18.9 Å². The van der Waals surface area contributed by atoms with Crippen LogP contribution in [0.3, 0.4) is 0 Å². The van der Waals surface area contributed by atoms with E-state index < -0.39 is 0 Å². The largest absolute Gasteiger partial charge is 0.314 e. The molecule has 1 atom stereocenters. The predicted octanol–water partition coefficient (Wildman–Crippen LogP) is 2.32. The molecule has 0 spiro atoms. The Morgan fingerprint density at radius 3 is 2.56 bits per heavy atom. The third kappa shape index (κ3) is 2.40. The molecule has 1 saturated carbocycles. The molecule has 1 aromatic rings. The third-order valence-electron chi connectivity index (χ3n) is 3.89. The van der Waals surface area contributed by atoms with Crippen LogP contribution in [0.2, 0.25) is 0 Å². The van der Waals surface area contributed by atoms with E-state index in [4.69, 9.17) is 0 Å². The second-order valence-corrected chi connectivity index (χ2v) is 5.23. The highest BCUT2D eigenvalue weighted by molar-refractivity contribution is 5.24. The van der Waals surface area contributed by atoms with Gasteiger partial charge in [-0.15, -0.1) is 0 Å². The van der Waals surface area contributed by atoms with Gasteiger partial charge in [0.15, 0.2) is 0 Å². The number of hydrogen-bond donors (Lipinski definition) is 1. The van der Waals surface area contributed by atoms with Crippen LogP contribution in [0.25, 0.3) is 0 Å². The first kappa shape index (κ1) is 12.1. The van der Waals surface area contributed by atoms with Gasteiger partial charge in [-0.2, -0.15) is 0 Å². The molecule has 0 radical (unpaired) electrons. The summed E-state index contributed by atoms with van der Waals surface area (Å²) in [5.41, 5.74) is 0.541. The Kier molecular flexibility index (Phi) is 3.31. The van der Waals surface area contributed by atoms with Gasteiger partial charge in [0.2, 0.25) is 0 Å². The van der Waals surface area contributed by atoms with Crippen LogP contribution >= 0.6 is 0 Å². The molecule has 0 aromatic heterocycles. The van der Waals surface area contributed by atoms with Gasteiger partial charge < -0.3 is 5.32 Å². The molecular formula is C14H18F2N2. The van der Waals surface area contributed by atoms with Crippen LogP contribution in [0.15, 0.2) is 18.2 Å². The fourth-order valence-corrected chi connectivity index (χ4v) is 2.86. The molecule has 0 bridgehead atoms. The molecular weight excluding hydrogens is 234 g/mol. The number of hydrogen-bond acceptors (Lipinski definition) is 2. The van der Waals surface area contributed by atoms with Gasteiger partial charge in [0.25, 0.3) is 0 Å². The molecule has 1 aromatic carbocycles. The first-order valence-corrected chi connectivity index (χ1v) is 6.65. The topological polar surface area (TPSA) is 15.3 Å². The van der Waals surface area contributed by atoms with Crippen LogP contribution in [-0.4, -0.2) is 31.1 Å². The summed E-state index contributed by atoms with van der Waals surface area (Å²) in [4.78, 5) is 2.30. The van der Waals surface area contributed by atoms with Gasteiger partial charge in [-0.25, -0.2) is 8.78 Å². The van der Waals surface area contributed by atoms with Crippen LogP contribution in [-0.2, 0) is 0 Å². The van der Waals surface area contributed by atoms with Crippen LogP contribution < -0.4 is 5.32 Å². The molecule has 2 nitrogen and oxygen atoms in total. The Bertz CT molecular complexity index is 426. The van der Waals surface area contributed by atoms with Crippen molar-refractivity contribution in [3.8, 4) is 0 Å². The highest BCUT2D eigenvalue weighted by Crippen LogP contribution is 2.45. The van der Waals surface area contributed by atoms with Crippen molar-refractivity contribution >= 4 is 0 Å². The Hall–Kier alpha value is -1.00. The van der Waals surface area contributed by atoms with Crippen molar-refractivity contribution in [3.05, 3.63) is 35.4 Å². The fraction of sp³-hybridized carbons (Fsp3) is 0.571. The molecule has 4 heteroatoms. The number of halogens is 2. The van der Waals surface area contributed by atoms with Crippen molar-refractivity contribution in [2.75, 3.05) is 26.2 Å². The summed E-state index contributed by atoms with van der Waals surface area (Å²) in [6.07, 6.45) is 2.26. The second-order valence-electron chi connectivity index (χ2n) is 5.23. The van der Waals surface area contributed by atoms with E-state index in [-0.39, 0.29) is 17.7 Å². The normalized spacial score (nSPS) is 23.0. The van der Waals surface area contributed by atoms with E-state index in [1.54, 1.807) is 0 Å². The summed E-state index contributed by atoms with van der Waals surface area (Å²) in [7, 11) is 0. The Morgan fingerprint density at radius 2 is 1.89 bits per heavy atom. The van der Waals surface area contributed by atoms with Crippen molar-refractivity contribution in [1.29, 1.82) is 0 Å². The van der Waals surface area contributed by atoms with E-state index in [1.165, 1.54) is 18.2 Å². The molecule has 2 aliphatic rings. The Balaban J connectivity index is 1.90. The highest BCUT2D eigenvalue weighted by Gasteiger charge is 2.38. The van der Waals surface area contributed by atoms with E-state index >= 15 is 0 Å². The first-order valence-electron chi connectivity index (χ1n) is 6.65. The quantitative estimate of drug-likeness (QED) is 0.888. The summed E-state index contributed by atoms with van der Waals surface area (Å²) in [5.74, 6) is -0.113. The number of nitrogens with one attached hydrogen (secondary N) is 1. The van der Waals surface area contributed by atoms with Crippen molar-refractivity contribution in [2.24, 2.45) is 5.92 Å². The molecule has 18 heavy (non-hydrogen) atoms. The molecule has 3 rings (SSSR count). The maximum absolute atomic E-state index is 14.0. The highest BCUT2D eigenvalue weighted by atomic mass is 19.1. The SMILES string of the molecule is Fc1ccc(F)c(C(C2CC2)N2CCNCC2)c1. The molecule has 1 N–H and O–H groups in total. The standard InChI is InChI=1S/C14H18F2N2/c15-11-3-4-13(16)12(9-11)14(10-1-2-10)18-7-5-17-6-8-18/h3-4,9-10,14,17H,1-2,5-8H2. The van der Waals surface area contributed by atoms with E-state index in [9.17, 15) is 8.78 Å². The van der Waals surface area contributed by atoms with E-state index in [2.05, 4.69) is 10.2 Å². The third-order valence-corrected chi connectivity index (χ3v) is 3.89. The minimum absolute atomic E-state index is 0.0581. The maximum Gasteiger partial charge on any atom is 0.128 e. The average molecular weight is 252 g/mol. The van der Waals surface area contributed by atoms with E-state index in [0.717, 1.165) is 39.0 Å². The summed E-state index contributed by atoms with van der Waals surface area (Å²) in [6.45, 7) is 3.69. The van der Waals surface area contributed by atoms with Crippen LogP contribution in [0.5, 0.6) is 0 Å². The molecule has 1 unspecified atom stereocenters. The van der Waals surface area contributed by atoms with Gasteiger partial charge in [0, 0.05) is 37.8 Å². The van der Waals surface area contributed by atoms with Crippen molar-refractivity contribution in [3.63, 3.8) is 0 Å². The average Bonchev–Trinajstić information content (AvgIpc) is 3.20. The first-order chi connectivity index (χ1) is 8.75. The predicted molar refractivity (Wildman–Crippen MR) is 66.3 cm³/mol. The molecule has 1 saturated heterocycles. The number of rotatable bonds is 3. The lowest BCUT2D eigenvalue weighted by Gasteiger charge is -2.35. The Morgan fingerprint density at radius 1 is 1.17 bits per heavy atom. The van der Waals surface area contributed by atoms with Crippen LogP contribution in [0, 0.1) is 17.6 Å². The lowest BCUT2D eigenvalue weighted by atomic mass is 9.99. The Labute approximate surface area is 106 Å². The summed E-state index contributed by atoms with van der Waals surface area (Å²) < 4.78 is 27.3. The molecule has 1 aliphatic carbocycles. The van der Waals surface area contributed by atoms with Crippen molar-refractivity contribution in [1.82, 2.24) is 10.2 Å². The zero-order chi connectivity index (χ0) is 12.5. The lowest BCUT2D eigenvalue weighted by molar-refractivity contribution is 0.152. The fourth-order valence-electron chi connectivity index (χ4n) is 2.86.